The second-order valence-corrected chi connectivity index (χ2v) is 5.03. The van der Waals surface area contributed by atoms with Gasteiger partial charge in [0.2, 0.25) is 0 Å². The Labute approximate surface area is 89.5 Å². The molecule has 1 fully saturated rings. The molecular weight excluding hydrogens is 192 g/mol. The maximum atomic E-state index is 5.92. The van der Waals surface area contributed by atoms with E-state index in [1.165, 1.54) is 50.6 Å². The molecule has 78 valence electrons. The predicted octanol–water partition coefficient (Wildman–Crippen LogP) is 3.55. The Bertz CT molecular complexity index is 275. The zero-order chi connectivity index (χ0) is 9.80. The highest BCUT2D eigenvalue weighted by Crippen LogP contribution is 2.34. The number of aromatic nitrogens is 1. The van der Waals surface area contributed by atoms with E-state index in [0.717, 1.165) is 5.00 Å². The number of nitrogens with zero attached hydrogens (tertiary/aromatic N) is 1. The Kier molecular flexibility index (Phi) is 3.40. The van der Waals surface area contributed by atoms with Gasteiger partial charge in [0.15, 0.2) is 0 Å². The number of rotatable bonds is 1. The van der Waals surface area contributed by atoms with Gasteiger partial charge >= 0.3 is 0 Å². The molecule has 0 unspecified atom stereocenters. The molecule has 0 atom stereocenters. The Morgan fingerprint density at radius 2 is 1.79 bits per heavy atom. The molecule has 3 heteroatoms. The van der Waals surface area contributed by atoms with E-state index in [0.29, 0.717) is 5.92 Å². The van der Waals surface area contributed by atoms with Crippen molar-refractivity contribution in [2.45, 2.75) is 50.9 Å². The van der Waals surface area contributed by atoms with Crippen LogP contribution in [0, 0.1) is 0 Å². The number of thiazole rings is 1. The van der Waals surface area contributed by atoms with Crippen molar-refractivity contribution in [2.75, 3.05) is 5.73 Å². The standard InChI is InChI=1S/C11H18N2S/c12-11-10(13-8-14-11)9-6-4-2-1-3-5-7-9/h8-9H,1-7,12H2. The van der Waals surface area contributed by atoms with Crippen LogP contribution in [0.4, 0.5) is 5.00 Å². The van der Waals surface area contributed by atoms with Crippen molar-refractivity contribution >= 4 is 16.3 Å². The third-order valence-corrected chi connectivity index (χ3v) is 3.79. The van der Waals surface area contributed by atoms with Crippen LogP contribution in [0.2, 0.25) is 0 Å². The summed E-state index contributed by atoms with van der Waals surface area (Å²) in [4.78, 5) is 4.41. The lowest BCUT2D eigenvalue weighted by atomic mass is 9.89. The lowest BCUT2D eigenvalue weighted by molar-refractivity contribution is 0.451. The van der Waals surface area contributed by atoms with E-state index in [1.54, 1.807) is 11.3 Å². The van der Waals surface area contributed by atoms with Crippen LogP contribution in [0.5, 0.6) is 0 Å². The van der Waals surface area contributed by atoms with Crippen LogP contribution in [0.15, 0.2) is 5.51 Å². The van der Waals surface area contributed by atoms with E-state index in [4.69, 9.17) is 5.73 Å². The Hall–Kier alpha value is -0.570. The number of anilines is 1. The first kappa shape index (κ1) is 9.97. The summed E-state index contributed by atoms with van der Waals surface area (Å²) >= 11 is 1.58. The second-order valence-electron chi connectivity index (χ2n) is 4.14. The average molecular weight is 210 g/mol. The Balaban J connectivity index is 2.04. The van der Waals surface area contributed by atoms with E-state index in [9.17, 15) is 0 Å². The normalized spacial score (nSPS) is 20.3. The molecule has 0 bridgehead atoms. The average Bonchev–Trinajstić information content (AvgIpc) is 2.51. The van der Waals surface area contributed by atoms with Crippen molar-refractivity contribution in [2.24, 2.45) is 0 Å². The van der Waals surface area contributed by atoms with Gasteiger partial charge in [0.05, 0.1) is 11.2 Å². The third-order valence-electron chi connectivity index (χ3n) is 3.12. The fourth-order valence-corrected chi connectivity index (χ4v) is 2.92. The van der Waals surface area contributed by atoms with Crippen LogP contribution in [0.25, 0.3) is 0 Å². The second kappa shape index (κ2) is 4.78. The minimum absolute atomic E-state index is 0.640. The molecule has 0 radical (unpaired) electrons. The zero-order valence-electron chi connectivity index (χ0n) is 8.54. The molecule has 1 saturated carbocycles. The maximum Gasteiger partial charge on any atom is 0.109 e. The minimum Gasteiger partial charge on any atom is -0.389 e. The summed E-state index contributed by atoms with van der Waals surface area (Å²) in [7, 11) is 0. The van der Waals surface area contributed by atoms with Crippen molar-refractivity contribution in [3.8, 4) is 0 Å². The Morgan fingerprint density at radius 3 is 2.36 bits per heavy atom. The van der Waals surface area contributed by atoms with Crippen LogP contribution < -0.4 is 5.73 Å². The summed E-state index contributed by atoms with van der Waals surface area (Å²) in [5, 5.41) is 0.940. The smallest absolute Gasteiger partial charge is 0.109 e. The fourth-order valence-electron chi connectivity index (χ4n) is 2.30. The highest BCUT2D eigenvalue weighted by molar-refractivity contribution is 7.13. The van der Waals surface area contributed by atoms with E-state index < -0.39 is 0 Å². The quantitative estimate of drug-likeness (QED) is 0.769. The molecule has 2 rings (SSSR count). The van der Waals surface area contributed by atoms with E-state index >= 15 is 0 Å². The van der Waals surface area contributed by atoms with Gasteiger partial charge < -0.3 is 5.73 Å². The van der Waals surface area contributed by atoms with Gasteiger partial charge in [-0.05, 0) is 12.8 Å². The largest absolute Gasteiger partial charge is 0.389 e. The van der Waals surface area contributed by atoms with E-state index in [1.807, 2.05) is 5.51 Å². The molecule has 2 N–H and O–H groups in total. The van der Waals surface area contributed by atoms with Gasteiger partial charge in [-0.25, -0.2) is 4.98 Å². The molecule has 0 saturated heterocycles. The van der Waals surface area contributed by atoms with Gasteiger partial charge in [0, 0.05) is 5.92 Å². The summed E-state index contributed by atoms with van der Waals surface area (Å²) in [5.74, 6) is 0.640. The summed E-state index contributed by atoms with van der Waals surface area (Å²) in [6.07, 6.45) is 9.46. The highest BCUT2D eigenvalue weighted by atomic mass is 32.1. The lowest BCUT2D eigenvalue weighted by Gasteiger charge is -2.18. The Morgan fingerprint density at radius 1 is 1.14 bits per heavy atom. The van der Waals surface area contributed by atoms with Gasteiger partial charge in [-0.2, -0.15) is 0 Å². The summed E-state index contributed by atoms with van der Waals surface area (Å²) in [6, 6.07) is 0. The molecule has 2 nitrogen and oxygen atoms in total. The van der Waals surface area contributed by atoms with Crippen molar-refractivity contribution in [3.05, 3.63) is 11.2 Å². The fraction of sp³-hybridized carbons (Fsp3) is 0.727. The molecule has 1 aliphatic rings. The van der Waals surface area contributed by atoms with Gasteiger partial charge in [-0.3, -0.25) is 0 Å². The van der Waals surface area contributed by atoms with Crippen LogP contribution in [-0.2, 0) is 0 Å². The first-order valence-electron chi connectivity index (χ1n) is 5.57. The van der Waals surface area contributed by atoms with Crippen LogP contribution in [0.3, 0.4) is 0 Å². The monoisotopic (exact) mass is 210 g/mol. The maximum absolute atomic E-state index is 5.92. The molecule has 1 aromatic heterocycles. The lowest BCUT2D eigenvalue weighted by Crippen LogP contribution is -2.04. The number of hydrogen-bond donors (Lipinski definition) is 1. The van der Waals surface area contributed by atoms with E-state index in [2.05, 4.69) is 4.98 Å². The SMILES string of the molecule is Nc1scnc1C1CCCCCCC1. The van der Waals surface area contributed by atoms with Crippen LogP contribution in [-0.4, -0.2) is 4.98 Å². The summed E-state index contributed by atoms with van der Waals surface area (Å²) < 4.78 is 0. The molecule has 1 aromatic rings. The van der Waals surface area contributed by atoms with E-state index in [-0.39, 0.29) is 0 Å². The minimum atomic E-state index is 0.640. The molecule has 1 aliphatic carbocycles. The molecule has 1 heterocycles. The predicted molar refractivity (Wildman–Crippen MR) is 61.6 cm³/mol. The molecule has 0 amide bonds. The van der Waals surface area contributed by atoms with Crippen molar-refractivity contribution in [3.63, 3.8) is 0 Å². The van der Waals surface area contributed by atoms with Gasteiger partial charge in [0.25, 0.3) is 0 Å². The van der Waals surface area contributed by atoms with Crippen molar-refractivity contribution in [1.82, 2.24) is 4.98 Å². The van der Waals surface area contributed by atoms with Crippen LogP contribution in [0.1, 0.15) is 56.6 Å². The first-order chi connectivity index (χ1) is 6.88. The molecular formula is C11H18N2S. The number of hydrogen-bond acceptors (Lipinski definition) is 3. The van der Waals surface area contributed by atoms with Gasteiger partial charge in [-0.15, -0.1) is 11.3 Å². The first-order valence-corrected chi connectivity index (χ1v) is 6.45. The third kappa shape index (κ3) is 2.27. The highest BCUT2D eigenvalue weighted by Gasteiger charge is 2.17. The number of nitrogens with two attached hydrogens (primary N) is 1. The summed E-state index contributed by atoms with van der Waals surface area (Å²) in [6.45, 7) is 0. The molecule has 0 spiro atoms. The van der Waals surface area contributed by atoms with Crippen molar-refractivity contribution in [1.29, 1.82) is 0 Å². The molecule has 0 aliphatic heterocycles. The van der Waals surface area contributed by atoms with Crippen molar-refractivity contribution < 1.29 is 0 Å². The van der Waals surface area contributed by atoms with Crippen LogP contribution >= 0.6 is 11.3 Å². The molecule has 0 aromatic carbocycles. The topological polar surface area (TPSA) is 38.9 Å². The zero-order valence-corrected chi connectivity index (χ0v) is 9.35. The van der Waals surface area contributed by atoms with Gasteiger partial charge in [-0.1, -0.05) is 32.1 Å². The molecule has 14 heavy (non-hydrogen) atoms. The summed E-state index contributed by atoms with van der Waals surface area (Å²) in [5.41, 5.74) is 8.97. The number of nitrogen functional groups attached to an aromatic ring is 1. The van der Waals surface area contributed by atoms with Gasteiger partial charge in [0.1, 0.15) is 5.00 Å².